The van der Waals surface area contributed by atoms with Crippen LogP contribution in [0, 0.1) is 10.1 Å². The van der Waals surface area contributed by atoms with Gasteiger partial charge in [0.2, 0.25) is 0 Å². The maximum atomic E-state index is 11.6. The standard InChI is InChI=1S/C10H11ClN6O3/c11-7-5-13-16(6-7)3-1-2-12-10(18)8-4-9(15-14-8)17(19)20/h4-6H,1-3H2,(H,12,18)(H,14,15). The van der Waals surface area contributed by atoms with Gasteiger partial charge in [-0.05, 0) is 11.3 Å². The van der Waals surface area contributed by atoms with E-state index in [2.05, 4.69) is 20.6 Å². The number of aromatic amines is 1. The zero-order valence-electron chi connectivity index (χ0n) is 10.2. The molecule has 0 spiro atoms. The molecule has 2 N–H and O–H groups in total. The maximum Gasteiger partial charge on any atom is 0.343 e. The smallest absolute Gasteiger partial charge is 0.343 e. The Balaban J connectivity index is 1.75. The Morgan fingerprint density at radius 2 is 2.40 bits per heavy atom. The van der Waals surface area contributed by atoms with Crippen molar-refractivity contribution in [2.75, 3.05) is 6.54 Å². The molecule has 0 bridgehead atoms. The highest BCUT2D eigenvalue weighted by atomic mass is 35.5. The van der Waals surface area contributed by atoms with Crippen LogP contribution in [0.2, 0.25) is 5.02 Å². The fraction of sp³-hybridized carbons (Fsp3) is 0.300. The first-order chi connectivity index (χ1) is 9.56. The molecule has 20 heavy (non-hydrogen) atoms. The Morgan fingerprint density at radius 1 is 1.60 bits per heavy atom. The minimum absolute atomic E-state index is 0.0150. The van der Waals surface area contributed by atoms with Crippen LogP contribution in [0.15, 0.2) is 18.5 Å². The molecular formula is C10H11ClN6O3. The molecular weight excluding hydrogens is 288 g/mol. The minimum Gasteiger partial charge on any atom is -0.358 e. The van der Waals surface area contributed by atoms with Gasteiger partial charge >= 0.3 is 5.82 Å². The van der Waals surface area contributed by atoms with Crippen molar-refractivity contribution in [1.29, 1.82) is 0 Å². The molecule has 10 heteroatoms. The maximum absolute atomic E-state index is 11.6. The van der Waals surface area contributed by atoms with Crippen LogP contribution in [0.4, 0.5) is 5.82 Å². The number of aryl methyl sites for hydroxylation is 1. The van der Waals surface area contributed by atoms with Crippen LogP contribution in [0.5, 0.6) is 0 Å². The number of amides is 1. The van der Waals surface area contributed by atoms with Crippen LogP contribution in [0.1, 0.15) is 16.9 Å². The second-order valence-corrected chi connectivity index (χ2v) is 4.36. The van der Waals surface area contributed by atoms with Crippen molar-refractivity contribution < 1.29 is 9.72 Å². The van der Waals surface area contributed by atoms with Crippen molar-refractivity contribution in [2.24, 2.45) is 0 Å². The molecule has 2 aromatic heterocycles. The molecule has 2 aromatic rings. The van der Waals surface area contributed by atoms with E-state index in [1.54, 1.807) is 10.9 Å². The molecule has 0 radical (unpaired) electrons. The molecule has 0 aliphatic carbocycles. The molecule has 0 aliphatic heterocycles. The van der Waals surface area contributed by atoms with Crippen LogP contribution < -0.4 is 5.32 Å². The number of nitrogens with zero attached hydrogens (tertiary/aromatic N) is 4. The highest BCUT2D eigenvalue weighted by molar-refractivity contribution is 6.30. The molecule has 0 unspecified atom stereocenters. The van der Waals surface area contributed by atoms with Crippen molar-refractivity contribution in [3.8, 4) is 0 Å². The summed E-state index contributed by atoms with van der Waals surface area (Å²) < 4.78 is 1.66. The van der Waals surface area contributed by atoms with Gasteiger partial charge in [-0.3, -0.25) is 9.48 Å². The topological polar surface area (TPSA) is 119 Å². The zero-order chi connectivity index (χ0) is 14.5. The van der Waals surface area contributed by atoms with Crippen LogP contribution in [0.3, 0.4) is 0 Å². The second kappa shape index (κ2) is 6.15. The predicted molar refractivity (Wildman–Crippen MR) is 69.4 cm³/mol. The number of nitrogens with one attached hydrogen (secondary N) is 2. The fourth-order valence-corrected chi connectivity index (χ4v) is 1.67. The first-order valence-electron chi connectivity index (χ1n) is 5.72. The van der Waals surface area contributed by atoms with E-state index < -0.39 is 10.8 Å². The summed E-state index contributed by atoms with van der Waals surface area (Å²) >= 11 is 5.71. The normalized spacial score (nSPS) is 10.4. The lowest BCUT2D eigenvalue weighted by molar-refractivity contribution is -0.389. The van der Waals surface area contributed by atoms with Gasteiger partial charge in [-0.1, -0.05) is 16.7 Å². The summed E-state index contributed by atoms with van der Waals surface area (Å²) in [5.74, 6) is -0.783. The van der Waals surface area contributed by atoms with Crippen LogP contribution in [0.25, 0.3) is 0 Å². The van der Waals surface area contributed by atoms with Crippen molar-refractivity contribution in [1.82, 2.24) is 25.3 Å². The molecule has 0 saturated carbocycles. The number of carbonyl (C=O) groups excluding carboxylic acids is 1. The molecule has 0 atom stereocenters. The van der Waals surface area contributed by atoms with Crippen molar-refractivity contribution >= 4 is 23.3 Å². The average molecular weight is 299 g/mol. The van der Waals surface area contributed by atoms with Crippen molar-refractivity contribution in [3.63, 3.8) is 0 Å². The highest BCUT2D eigenvalue weighted by Gasteiger charge is 2.15. The first kappa shape index (κ1) is 14.0. The quantitative estimate of drug-likeness (QED) is 0.468. The largest absolute Gasteiger partial charge is 0.358 e. The summed E-state index contributed by atoms with van der Waals surface area (Å²) in [5.41, 5.74) is -0.0150. The van der Waals surface area contributed by atoms with E-state index in [0.717, 1.165) is 6.07 Å². The molecule has 9 nitrogen and oxygen atoms in total. The Labute approximate surface area is 118 Å². The third-order valence-corrected chi connectivity index (χ3v) is 2.64. The van der Waals surface area contributed by atoms with Gasteiger partial charge in [0.05, 0.1) is 17.3 Å². The van der Waals surface area contributed by atoms with E-state index >= 15 is 0 Å². The highest BCUT2D eigenvalue weighted by Crippen LogP contribution is 2.07. The van der Waals surface area contributed by atoms with Crippen LogP contribution in [-0.4, -0.2) is 37.4 Å². The third-order valence-electron chi connectivity index (χ3n) is 2.44. The Hall–Kier alpha value is -2.42. The Bertz CT molecular complexity index is 622. The molecule has 106 valence electrons. The van der Waals surface area contributed by atoms with Gasteiger partial charge in [-0.15, -0.1) is 5.10 Å². The van der Waals surface area contributed by atoms with Gasteiger partial charge in [-0.25, -0.2) is 0 Å². The molecule has 1 amide bonds. The summed E-state index contributed by atoms with van der Waals surface area (Å²) in [5, 5.41) is 23.3. The average Bonchev–Trinajstić information content (AvgIpc) is 3.03. The van der Waals surface area contributed by atoms with E-state index in [-0.39, 0.29) is 11.5 Å². The lowest BCUT2D eigenvalue weighted by atomic mass is 10.3. The molecule has 2 heterocycles. The van der Waals surface area contributed by atoms with Gasteiger partial charge in [0.15, 0.2) is 5.69 Å². The van der Waals surface area contributed by atoms with E-state index in [1.807, 2.05) is 0 Å². The van der Waals surface area contributed by atoms with E-state index in [9.17, 15) is 14.9 Å². The van der Waals surface area contributed by atoms with Gasteiger partial charge in [-0.2, -0.15) is 5.10 Å². The van der Waals surface area contributed by atoms with Gasteiger partial charge < -0.3 is 15.4 Å². The molecule has 2 rings (SSSR count). The monoisotopic (exact) mass is 298 g/mol. The summed E-state index contributed by atoms with van der Waals surface area (Å²) in [6, 6.07) is 1.09. The van der Waals surface area contributed by atoms with E-state index in [1.165, 1.54) is 6.20 Å². The Kier molecular flexibility index (Phi) is 4.31. The number of carbonyl (C=O) groups is 1. The lowest BCUT2D eigenvalue weighted by Crippen LogP contribution is -2.25. The number of H-pyrrole nitrogens is 1. The summed E-state index contributed by atoms with van der Waals surface area (Å²) in [7, 11) is 0. The number of hydrogen-bond acceptors (Lipinski definition) is 5. The number of aromatic nitrogens is 4. The number of hydrogen-bond donors (Lipinski definition) is 2. The molecule has 0 saturated heterocycles. The third kappa shape index (κ3) is 3.54. The number of halogens is 1. The fourth-order valence-electron chi connectivity index (χ4n) is 1.52. The summed E-state index contributed by atoms with van der Waals surface area (Å²) in [6.07, 6.45) is 3.86. The molecule has 0 aliphatic rings. The number of rotatable bonds is 6. The van der Waals surface area contributed by atoms with Crippen molar-refractivity contribution in [2.45, 2.75) is 13.0 Å². The van der Waals surface area contributed by atoms with Gasteiger partial charge in [0.1, 0.15) is 0 Å². The van der Waals surface area contributed by atoms with Crippen LogP contribution >= 0.6 is 11.6 Å². The molecule has 0 aromatic carbocycles. The summed E-state index contributed by atoms with van der Waals surface area (Å²) in [6.45, 7) is 1.00. The summed E-state index contributed by atoms with van der Waals surface area (Å²) in [4.78, 5) is 21.4. The van der Waals surface area contributed by atoms with E-state index in [0.29, 0.717) is 24.5 Å². The van der Waals surface area contributed by atoms with E-state index in [4.69, 9.17) is 11.6 Å². The van der Waals surface area contributed by atoms with Gasteiger partial charge in [0.25, 0.3) is 5.91 Å². The number of nitro groups is 1. The lowest BCUT2D eigenvalue weighted by Gasteiger charge is -2.02. The predicted octanol–water partition coefficient (Wildman–Crippen LogP) is 0.988. The SMILES string of the molecule is O=C(NCCCn1cc(Cl)cn1)c1cc([N+](=O)[O-])[nH]n1. The zero-order valence-corrected chi connectivity index (χ0v) is 11.0. The minimum atomic E-state index is -0.648. The van der Waals surface area contributed by atoms with Crippen molar-refractivity contribution in [3.05, 3.63) is 39.3 Å². The van der Waals surface area contributed by atoms with Gasteiger partial charge in [0, 0.05) is 19.3 Å². The first-order valence-corrected chi connectivity index (χ1v) is 6.10. The Morgan fingerprint density at radius 3 is 3.00 bits per heavy atom. The van der Waals surface area contributed by atoms with Crippen LogP contribution in [-0.2, 0) is 6.54 Å². The molecule has 0 fully saturated rings. The second-order valence-electron chi connectivity index (χ2n) is 3.93.